The van der Waals surface area contributed by atoms with Crippen LogP contribution in [0.2, 0.25) is 0 Å². The smallest absolute Gasteiger partial charge is 0.255 e. The summed E-state index contributed by atoms with van der Waals surface area (Å²) >= 11 is 3.44. The van der Waals surface area contributed by atoms with Gasteiger partial charge < -0.3 is 15.4 Å². The molecule has 0 bridgehead atoms. The van der Waals surface area contributed by atoms with Crippen molar-refractivity contribution in [3.63, 3.8) is 0 Å². The summed E-state index contributed by atoms with van der Waals surface area (Å²) in [6.07, 6.45) is 0. The topological polar surface area (TPSA) is 50.4 Å². The van der Waals surface area contributed by atoms with E-state index in [4.69, 9.17) is 4.74 Å². The minimum atomic E-state index is -0.128. The number of para-hydroxylation sites is 1. The van der Waals surface area contributed by atoms with Crippen molar-refractivity contribution >= 4 is 34.2 Å². The third kappa shape index (κ3) is 6.15. The molecule has 4 nitrogen and oxygen atoms in total. The van der Waals surface area contributed by atoms with E-state index in [9.17, 15) is 4.79 Å². The quantitative estimate of drug-likeness (QED) is 0.726. The van der Waals surface area contributed by atoms with Crippen LogP contribution in [0, 0.1) is 0 Å². The number of halogens is 2. The molecule has 0 aromatic heterocycles. The van der Waals surface area contributed by atoms with Crippen molar-refractivity contribution in [1.29, 1.82) is 0 Å². The van der Waals surface area contributed by atoms with E-state index in [2.05, 4.69) is 26.6 Å². The molecule has 0 heterocycles. The van der Waals surface area contributed by atoms with E-state index < -0.39 is 0 Å². The van der Waals surface area contributed by atoms with E-state index in [1.807, 2.05) is 56.4 Å². The number of ether oxygens (including phenoxy) is 1. The van der Waals surface area contributed by atoms with Crippen molar-refractivity contribution < 1.29 is 9.53 Å². The van der Waals surface area contributed by atoms with Gasteiger partial charge in [-0.05, 0) is 43.8 Å². The normalized spacial score (nSPS) is 11.3. The lowest BCUT2D eigenvalue weighted by Gasteiger charge is -2.14. The lowest BCUT2D eigenvalue weighted by molar-refractivity contribution is 0.0946. The number of carbonyl (C=O) groups is 1. The van der Waals surface area contributed by atoms with Gasteiger partial charge in [-0.3, -0.25) is 4.79 Å². The molecule has 0 aliphatic carbocycles. The highest BCUT2D eigenvalue weighted by atomic mass is 79.9. The van der Waals surface area contributed by atoms with Crippen molar-refractivity contribution in [1.82, 2.24) is 10.6 Å². The van der Waals surface area contributed by atoms with Gasteiger partial charge in [-0.15, -0.1) is 12.4 Å². The average Bonchev–Trinajstić information content (AvgIpc) is 2.58. The number of benzene rings is 2. The SMILES string of the molecule is CNC(C)CNC(=O)c1ccccc1OCc1cccc(Br)c1.Cl. The Bertz CT molecular complexity index is 667. The third-order valence-electron chi connectivity index (χ3n) is 3.48. The second kappa shape index (κ2) is 10.3. The van der Waals surface area contributed by atoms with Crippen molar-refractivity contribution in [3.05, 3.63) is 64.1 Å². The minimum Gasteiger partial charge on any atom is -0.488 e. The average molecular weight is 414 g/mol. The molecule has 0 radical (unpaired) electrons. The van der Waals surface area contributed by atoms with Crippen LogP contribution in [0.1, 0.15) is 22.8 Å². The molecule has 1 unspecified atom stereocenters. The van der Waals surface area contributed by atoms with Gasteiger partial charge in [-0.1, -0.05) is 40.2 Å². The van der Waals surface area contributed by atoms with Gasteiger partial charge in [0.1, 0.15) is 12.4 Å². The van der Waals surface area contributed by atoms with Crippen LogP contribution in [0.25, 0.3) is 0 Å². The molecule has 0 aliphatic heterocycles. The molecule has 0 aliphatic rings. The van der Waals surface area contributed by atoms with Crippen LogP contribution in [0.5, 0.6) is 5.75 Å². The van der Waals surface area contributed by atoms with Crippen LogP contribution in [0.3, 0.4) is 0 Å². The molecule has 1 atom stereocenters. The summed E-state index contributed by atoms with van der Waals surface area (Å²) < 4.78 is 6.84. The molecule has 2 rings (SSSR count). The maximum absolute atomic E-state index is 12.3. The third-order valence-corrected chi connectivity index (χ3v) is 3.97. The Morgan fingerprint density at radius 1 is 1.21 bits per heavy atom. The van der Waals surface area contributed by atoms with Gasteiger partial charge in [-0.25, -0.2) is 0 Å². The number of rotatable bonds is 7. The molecular weight excluding hydrogens is 392 g/mol. The summed E-state index contributed by atoms with van der Waals surface area (Å²) in [7, 11) is 1.87. The van der Waals surface area contributed by atoms with E-state index in [0.29, 0.717) is 24.5 Å². The van der Waals surface area contributed by atoms with Gasteiger partial charge in [0.05, 0.1) is 5.56 Å². The van der Waals surface area contributed by atoms with Gasteiger partial charge in [0, 0.05) is 17.1 Å². The number of amides is 1. The zero-order valence-corrected chi connectivity index (χ0v) is 16.1. The van der Waals surface area contributed by atoms with Crippen molar-refractivity contribution in [2.24, 2.45) is 0 Å². The first-order chi connectivity index (χ1) is 11.1. The number of carbonyl (C=O) groups excluding carboxylic acids is 1. The highest BCUT2D eigenvalue weighted by molar-refractivity contribution is 9.10. The number of likely N-dealkylation sites (N-methyl/N-ethyl adjacent to an activating group) is 1. The van der Waals surface area contributed by atoms with E-state index >= 15 is 0 Å². The Balaban J connectivity index is 0.00000288. The summed E-state index contributed by atoms with van der Waals surface area (Å²) in [5.41, 5.74) is 1.59. The number of nitrogens with one attached hydrogen (secondary N) is 2. The van der Waals surface area contributed by atoms with Gasteiger partial charge in [-0.2, -0.15) is 0 Å². The van der Waals surface area contributed by atoms with Crippen LogP contribution >= 0.6 is 28.3 Å². The summed E-state index contributed by atoms with van der Waals surface area (Å²) in [6.45, 7) is 2.99. The lowest BCUT2D eigenvalue weighted by atomic mass is 10.1. The molecule has 2 aromatic rings. The summed E-state index contributed by atoms with van der Waals surface area (Å²) in [4.78, 5) is 12.3. The zero-order valence-electron chi connectivity index (χ0n) is 13.7. The molecule has 2 aromatic carbocycles. The number of hydrogen-bond donors (Lipinski definition) is 2. The second-order valence-electron chi connectivity index (χ2n) is 5.31. The standard InChI is InChI=1S/C18H21BrN2O2.ClH/c1-13(20-2)11-21-18(22)16-8-3-4-9-17(16)23-12-14-6-5-7-15(19)10-14;/h3-10,13,20H,11-12H2,1-2H3,(H,21,22);1H. The van der Waals surface area contributed by atoms with Crippen molar-refractivity contribution in [3.8, 4) is 5.75 Å². The fourth-order valence-electron chi connectivity index (χ4n) is 2.01. The van der Waals surface area contributed by atoms with E-state index in [-0.39, 0.29) is 24.4 Å². The molecule has 2 N–H and O–H groups in total. The van der Waals surface area contributed by atoms with Gasteiger partial charge in [0.25, 0.3) is 5.91 Å². The fourth-order valence-corrected chi connectivity index (χ4v) is 2.46. The molecule has 6 heteroatoms. The van der Waals surface area contributed by atoms with Crippen molar-refractivity contribution in [2.45, 2.75) is 19.6 Å². The zero-order chi connectivity index (χ0) is 16.7. The first-order valence-electron chi connectivity index (χ1n) is 7.52. The Kier molecular flexibility index (Phi) is 8.82. The van der Waals surface area contributed by atoms with Crippen LogP contribution < -0.4 is 15.4 Å². The highest BCUT2D eigenvalue weighted by Gasteiger charge is 2.12. The molecule has 24 heavy (non-hydrogen) atoms. The van der Waals surface area contributed by atoms with E-state index in [1.165, 1.54) is 0 Å². The predicted molar refractivity (Wildman–Crippen MR) is 103 cm³/mol. The Morgan fingerprint density at radius 3 is 2.67 bits per heavy atom. The van der Waals surface area contributed by atoms with Crippen molar-refractivity contribution in [2.75, 3.05) is 13.6 Å². The Hall–Kier alpha value is -1.56. The summed E-state index contributed by atoms with van der Waals surface area (Å²) in [5, 5.41) is 6.00. The molecule has 0 fully saturated rings. The Morgan fingerprint density at radius 2 is 1.96 bits per heavy atom. The first-order valence-corrected chi connectivity index (χ1v) is 8.31. The second-order valence-corrected chi connectivity index (χ2v) is 6.23. The van der Waals surface area contributed by atoms with E-state index in [0.717, 1.165) is 10.0 Å². The van der Waals surface area contributed by atoms with Gasteiger partial charge in [0.2, 0.25) is 0 Å². The molecule has 0 spiro atoms. The molecule has 0 saturated heterocycles. The molecular formula is C18H22BrClN2O2. The summed E-state index contributed by atoms with van der Waals surface area (Å²) in [5.74, 6) is 0.457. The van der Waals surface area contributed by atoms with Crippen LogP contribution in [0.15, 0.2) is 53.0 Å². The first kappa shape index (κ1) is 20.5. The maximum atomic E-state index is 12.3. The summed E-state index contributed by atoms with van der Waals surface area (Å²) in [6, 6.07) is 15.4. The minimum absolute atomic E-state index is 0. The maximum Gasteiger partial charge on any atom is 0.255 e. The largest absolute Gasteiger partial charge is 0.488 e. The van der Waals surface area contributed by atoms with Gasteiger partial charge >= 0.3 is 0 Å². The number of hydrogen-bond acceptors (Lipinski definition) is 3. The lowest BCUT2D eigenvalue weighted by Crippen LogP contribution is -2.37. The highest BCUT2D eigenvalue weighted by Crippen LogP contribution is 2.20. The van der Waals surface area contributed by atoms with E-state index in [1.54, 1.807) is 6.07 Å². The van der Waals surface area contributed by atoms with Gasteiger partial charge in [0.15, 0.2) is 0 Å². The van der Waals surface area contributed by atoms with Crippen LogP contribution in [-0.2, 0) is 6.61 Å². The van der Waals surface area contributed by atoms with Crippen LogP contribution in [0.4, 0.5) is 0 Å². The Labute approximate surface area is 157 Å². The monoisotopic (exact) mass is 412 g/mol. The molecule has 1 amide bonds. The molecule has 0 saturated carbocycles. The fraction of sp³-hybridized carbons (Fsp3) is 0.278. The predicted octanol–water partition coefficient (Wildman–Crippen LogP) is 3.79. The molecule has 130 valence electrons. The van der Waals surface area contributed by atoms with Crippen LogP contribution in [-0.4, -0.2) is 25.5 Å².